The largest absolute Gasteiger partial charge is 0.497 e. The molecule has 18 heavy (non-hydrogen) atoms. The summed E-state index contributed by atoms with van der Waals surface area (Å²) in [5.41, 5.74) is 2.59. The number of furan rings is 1. The zero-order valence-corrected chi connectivity index (χ0v) is 12.0. The van der Waals surface area contributed by atoms with Crippen molar-refractivity contribution in [3.63, 3.8) is 0 Å². The average molecular weight is 309 g/mol. The molecule has 0 spiro atoms. The Hall–Kier alpha value is -1.22. The molecule has 1 heterocycles. The van der Waals surface area contributed by atoms with E-state index in [2.05, 4.69) is 28.1 Å². The SMILES string of the molecule is COc1ccc(CC(CBr)Cc2ccoc2)cc1. The number of hydrogen-bond acceptors (Lipinski definition) is 2. The standard InChI is InChI=1S/C15H17BrO2/c1-17-15-4-2-12(3-5-15)8-14(10-16)9-13-6-7-18-11-13/h2-7,11,14H,8-10H2,1H3. The molecule has 1 aromatic carbocycles. The van der Waals surface area contributed by atoms with Gasteiger partial charge in [0.2, 0.25) is 0 Å². The van der Waals surface area contributed by atoms with E-state index in [9.17, 15) is 0 Å². The summed E-state index contributed by atoms with van der Waals surface area (Å²) in [6.45, 7) is 0. The van der Waals surface area contributed by atoms with Crippen LogP contribution in [0.25, 0.3) is 0 Å². The van der Waals surface area contributed by atoms with Crippen molar-refractivity contribution in [2.75, 3.05) is 12.4 Å². The van der Waals surface area contributed by atoms with Crippen molar-refractivity contribution >= 4 is 15.9 Å². The number of rotatable bonds is 6. The van der Waals surface area contributed by atoms with E-state index < -0.39 is 0 Å². The summed E-state index contributed by atoms with van der Waals surface area (Å²) in [5.74, 6) is 1.49. The summed E-state index contributed by atoms with van der Waals surface area (Å²) < 4.78 is 10.3. The normalized spacial score (nSPS) is 12.3. The van der Waals surface area contributed by atoms with E-state index in [1.807, 2.05) is 24.5 Å². The molecule has 0 bridgehead atoms. The first-order valence-electron chi connectivity index (χ1n) is 6.01. The van der Waals surface area contributed by atoms with Crippen molar-refractivity contribution in [1.82, 2.24) is 0 Å². The van der Waals surface area contributed by atoms with Gasteiger partial charge in [-0.1, -0.05) is 28.1 Å². The molecular weight excluding hydrogens is 292 g/mol. The molecule has 1 atom stereocenters. The maximum absolute atomic E-state index is 5.16. The Morgan fingerprint density at radius 1 is 1.11 bits per heavy atom. The Bertz CT molecular complexity index is 448. The highest BCUT2D eigenvalue weighted by atomic mass is 79.9. The fourth-order valence-corrected chi connectivity index (χ4v) is 2.48. The maximum atomic E-state index is 5.16. The molecule has 2 rings (SSSR count). The highest BCUT2D eigenvalue weighted by Gasteiger charge is 2.10. The molecule has 0 N–H and O–H groups in total. The minimum absolute atomic E-state index is 0.580. The van der Waals surface area contributed by atoms with Gasteiger partial charge in [0.25, 0.3) is 0 Å². The van der Waals surface area contributed by atoms with Gasteiger partial charge in [0, 0.05) is 5.33 Å². The van der Waals surface area contributed by atoms with Crippen LogP contribution in [0.4, 0.5) is 0 Å². The van der Waals surface area contributed by atoms with Gasteiger partial charge in [0.15, 0.2) is 0 Å². The van der Waals surface area contributed by atoms with Crippen LogP contribution in [0.15, 0.2) is 47.3 Å². The Kier molecular flexibility index (Phi) is 4.88. The topological polar surface area (TPSA) is 22.4 Å². The second-order valence-corrected chi connectivity index (χ2v) is 5.06. The molecule has 0 aliphatic carbocycles. The number of methoxy groups -OCH3 is 1. The van der Waals surface area contributed by atoms with Crippen molar-refractivity contribution in [3.05, 3.63) is 54.0 Å². The van der Waals surface area contributed by atoms with E-state index in [1.165, 1.54) is 11.1 Å². The number of benzene rings is 1. The van der Waals surface area contributed by atoms with Crippen LogP contribution in [-0.2, 0) is 12.8 Å². The zero-order chi connectivity index (χ0) is 12.8. The highest BCUT2D eigenvalue weighted by molar-refractivity contribution is 9.09. The molecule has 0 aliphatic heterocycles. The fourth-order valence-electron chi connectivity index (χ4n) is 2.02. The molecule has 0 saturated carbocycles. The van der Waals surface area contributed by atoms with Gasteiger partial charge in [-0.15, -0.1) is 0 Å². The van der Waals surface area contributed by atoms with Gasteiger partial charge in [-0.05, 0) is 48.1 Å². The summed E-state index contributed by atoms with van der Waals surface area (Å²) in [6, 6.07) is 10.3. The van der Waals surface area contributed by atoms with Gasteiger partial charge in [-0.2, -0.15) is 0 Å². The quantitative estimate of drug-likeness (QED) is 0.750. The molecule has 1 aromatic heterocycles. The van der Waals surface area contributed by atoms with Gasteiger partial charge in [-0.3, -0.25) is 0 Å². The fraction of sp³-hybridized carbons (Fsp3) is 0.333. The minimum Gasteiger partial charge on any atom is -0.497 e. The number of alkyl halides is 1. The lowest BCUT2D eigenvalue weighted by molar-refractivity contribution is 0.414. The lowest BCUT2D eigenvalue weighted by Gasteiger charge is -2.13. The minimum atomic E-state index is 0.580. The van der Waals surface area contributed by atoms with Crippen molar-refractivity contribution in [2.45, 2.75) is 12.8 Å². The lowest BCUT2D eigenvalue weighted by Crippen LogP contribution is -2.09. The number of ether oxygens (including phenoxy) is 1. The maximum Gasteiger partial charge on any atom is 0.118 e. The van der Waals surface area contributed by atoms with E-state index in [0.29, 0.717) is 5.92 Å². The van der Waals surface area contributed by atoms with Crippen LogP contribution < -0.4 is 4.74 Å². The first-order valence-corrected chi connectivity index (χ1v) is 7.14. The first kappa shape index (κ1) is 13.2. The van der Waals surface area contributed by atoms with Crippen LogP contribution >= 0.6 is 15.9 Å². The van der Waals surface area contributed by atoms with Crippen LogP contribution in [0.2, 0.25) is 0 Å². The average Bonchev–Trinajstić information content (AvgIpc) is 2.91. The van der Waals surface area contributed by atoms with Crippen LogP contribution in [0.3, 0.4) is 0 Å². The molecule has 0 saturated heterocycles. The van der Waals surface area contributed by atoms with Crippen LogP contribution in [0.5, 0.6) is 5.75 Å². The summed E-state index contributed by atoms with van der Waals surface area (Å²) in [7, 11) is 1.69. The third-order valence-electron chi connectivity index (χ3n) is 3.01. The smallest absolute Gasteiger partial charge is 0.118 e. The Morgan fingerprint density at radius 3 is 2.39 bits per heavy atom. The Balaban J connectivity index is 1.96. The third kappa shape index (κ3) is 3.64. The van der Waals surface area contributed by atoms with Gasteiger partial charge < -0.3 is 9.15 Å². The van der Waals surface area contributed by atoms with Crippen LogP contribution in [0.1, 0.15) is 11.1 Å². The van der Waals surface area contributed by atoms with Crippen molar-refractivity contribution in [3.8, 4) is 5.75 Å². The van der Waals surface area contributed by atoms with Crippen LogP contribution in [0, 0.1) is 5.92 Å². The van der Waals surface area contributed by atoms with E-state index in [0.717, 1.165) is 23.9 Å². The van der Waals surface area contributed by atoms with Gasteiger partial charge >= 0.3 is 0 Å². The van der Waals surface area contributed by atoms with Gasteiger partial charge in [0.05, 0.1) is 19.6 Å². The molecule has 2 aromatic rings. The van der Waals surface area contributed by atoms with E-state index in [1.54, 1.807) is 13.4 Å². The van der Waals surface area contributed by atoms with E-state index in [4.69, 9.17) is 9.15 Å². The monoisotopic (exact) mass is 308 g/mol. The predicted octanol–water partition coefficient (Wildman–Crippen LogP) is 4.08. The second kappa shape index (κ2) is 6.64. The summed E-state index contributed by atoms with van der Waals surface area (Å²) in [6.07, 6.45) is 5.64. The third-order valence-corrected chi connectivity index (χ3v) is 3.92. The van der Waals surface area contributed by atoms with Crippen molar-refractivity contribution < 1.29 is 9.15 Å². The van der Waals surface area contributed by atoms with Crippen LogP contribution in [-0.4, -0.2) is 12.4 Å². The Morgan fingerprint density at radius 2 is 1.83 bits per heavy atom. The molecule has 0 aliphatic rings. The molecule has 96 valence electrons. The lowest BCUT2D eigenvalue weighted by atomic mass is 9.95. The molecule has 0 radical (unpaired) electrons. The summed E-state index contributed by atoms with van der Waals surface area (Å²) >= 11 is 3.59. The van der Waals surface area contributed by atoms with Gasteiger partial charge in [-0.25, -0.2) is 0 Å². The summed E-state index contributed by atoms with van der Waals surface area (Å²) in [4.78, 5) is 0. The van der Waals surface area contributed by atoms with E-state index >= 15 is 0 Å². The number of halogens is 1. The van der Waals surface area contributed by atoms with Crippen molar-refractivity contribution in [2.24, 2.45) is 5.92 Å². The molecule has 0 fully saturated rings. The van der Waals surface area contributed by atoms with Crippen molar-refractivity contribution in [1.29, 1.82) is 0 Å². The number of hydrogen-bond donors (Lipinski definition) is 0. The summed E-state index contributed by atoms with van der Waals surface area (Å²) in [5, 5.41) is 0.990. The Labute approximate surface area is 116 Å². The second-order valence-electron chi connectivity index (χ2n) is 4.41. The molecule has 0 amide bonds. The predicted molar refractivity (Wildman–Crippen MR) is 76.4 cm³/mol. The molecule has 1 unspecified atom stereocenters. The first-order chi connectivity index (χ1) is 8.81. The molecular formula is C15H17BrO2. The molecule has 3 heteroatoms. The highest BCUT2D eigenvalue weighted by Crippen LogP contribution is 2.19. The zero-order valence-electron chi connectivity index (χ0n) is 10.4. The van der Waals surface area contributed by atoms with Gasteiger partial charge in [0.1, 0.15) is 5.75 Å². The molecule has 2 nitrogen and oxygen atoms in total. The van der Waals surface area contributed by atoms with E-state index in [-0.39, 0.29) is 0 Å².